The van der Waals surface area contributed by atoms with Gasteiger partial charge in [-0.05, 0) is 31.4 Å². The molecule has 2 rings (SSSR count). The Kier molecular flexibility index (Phi) is 3.84. The first-order chi connectivity index (χ1) is 9.01. The predicted octanol–water partition coefficient (Wildman–Crippen LogP) is 3.93. The zero-order valence-electron chi connectivity index (χ0n) is 12.3. The molecule has 0 radical (unpaired) electrons. The Balaban J connectivity index is 2.60. The Morgan fingerprint density at radius 3 is 2.42 bits per heavy atom. The van der Waals surface area contributed by atoms with Crippen LogP contribution in [-0.2, 0) is 0 Å². The first-order valence-corrected chi connectivity index (χ1v) is 6.65. The van der Waals surface area contributed by atoms with Crippen molar-refractivity contribution in [3.8, 4) is 11.4 Å². The summed E-state index contributed by atoms with van der Waals surface area (Å²) in [4.78, 5) is 9.29. The fourth-order valence-electron chi connectivity index (χ4n) is 1.99. The van der Waals surface area contributed by atoms with E-state index in [1.807, 2.05) is 13.1 Å². The van der Waals surface area contributed by atoms with Crippen LogP contribution in [0.25, 0.3) is 11.4 Å². The van der Waals surface area contributed by atoms with Crippen molar-refractivity contribution >= 4 is 5.82 Å². The molecule has 0 aliphatic carbocycles. The molecule has 0 bridgehead atoms. The van der Waals surface area contributed by atoms with Gasteiger partial charge in [-0.15, -0.1) is 0 Å². The lowest BCUT2D eigenvalue weighted by Crippen LogP contribution is -2.03. The molecule has 1 aromatic carbocycles. The molecule has 2 aromatic rings. The summed E-state index contributed by atoms with van der Waals surface area (Å²) in [6, 6.07) is 8.40. The van der Waals surface area contributed by atoms with E-state index in [2.05, 4.69) is 56.2 Å². The Bertz CT molecular complexity index is 589. The van der Waals surface area contributed by atoms with Crippen molar-refractivity contribution in [3.63, 3.8) is 0 Å². The van der Waals surface area contributed by atoms with Crippen molar-refractivity contribution in [1.82, 2.24) is 9.97 Å². The largest absolute Gasteiger partial charge is 0.373 e. The lowest BCUT2D eigenvalue weighted by atomic mass is 10.0. The zero-order chi connectivity index (χ0) is 14.0. The molecule has 1 heterocycles. The average Bonchev–Trinajstić information content (AvgIpc) is 2.40. The first-order valence-electron chi connectivity index (χ1n) is 6.65. The Hall–Kier alpha value is -1.90. The summed E-state index contributed by atoms with van der Waals surface area (Å²) in [5, 5.41) is 3.12. The van der Waals surface area contributed by atoms with E-state index in [9.17, 15) is 0 Å². The molecule has 0 saturated heterocycles. The molecule has 0 aliphatic heterocycles. The number of anilines is 1. The number of nitrogens with one attached hydrogen (secondary N) is 1. The molecule has 1 aromatic heterocycles. The van der Waals surface area contributed by atoms with Crippen molar-refractivity contribution in [2.45, 2.75) is 33.6 Å². The van der Waals surface area contributed by atoms with Crippen LogP contribution in [0, 0.1) is 13.8 Å². The van der Waals surface area contributed by atoms with Gasteiger partial charge in [-0.1, -0.05) is 31.5 Å². The fourth-order valence-corrected chi connectivity index (χ4v) is 1.99. The molecule has 3 nitrogen and oxygen atoms in total. The van der Waals surface area contributed by atoms with Gasteiger partial charge < -0.3 is 5.32 Å². The van der Waals surface area contributed by atoms with Crippen LogP contribution in [0.2, 0.25) is 0 Å². The minimum Gasteiger partial charge on any atom is -0.373 e. The van der Waals surface area contributed by atoms with E-state index in [1.54, 1.807) is 0 Å². The number of hydrogen-bond donors (Lipinski definition) is 1. The Labute approximate surface area is 115 Å². The van der Waals surface area contributed by atoms with Crippen LogP contribution in [-0.4, -0.2) is 17.0 Å². The van der Waals surface area contributed by atoms with Gasteiger partial charge >= 0.3 is 0 Å². The van der Waals surface area contributed by atoms with Crippen molar-refractivity contribution < 1.29 is 0 Å². The molecule has 19 heavy (non-hydrogen) atoms. The topological polar surface area (TPSA) is 37.8 Å². The highest BCUT2D eigenvalue weighted by Crippen LogP contribution is 2.25. The number of aromatic nitrogens is 2. The van der Waals surface area contributed by atoms with Gasteiger partial charge in [-0.3, -0.25) is 0 Å². The van der Waals surface area contributed by atoms with E-state index < -0.39 is 0 Å². The second kappa shape index (κ2) is 5.39. The van der Waals surface area contributed by atoms with Crippen LogP contribution in [0.1, 0.15) is 36.6 Å². The summed E-state index contributed by atoms with van der Waals surface area (Å²) in [6.07, 6.45) is 0. The van der Waals surface area contributed by atoms with Gasteiger partial charge in [-0.25, -0.2) is 9.97 Å². The van der Waals surface area contributed by atoms with Gasteiger partial charge in [-0.2, -0.15) is 0 Å². The third-order valence-corrected chi connectivity index (χ3v) is 3.23. The maximum absolute atomic E-state index is 4.70. The van der Waals surface area contributed by atoms with Crippen molar-refractivity contribution in [3.05, 3.63) is 41.1 Å². The highest BCUT2D eigenvalue weighted by Gasteiger charge is 2.11. The molecule has 0 aliphatic rings. The van der Waals surface area contributed by atoms with Crippen LogP contribution >= 0.6 is 0 Å². The van der Waals surface area contributed by atoms with Gasteiger partial charge in [0.05, 0.1) is 0 Å². The van der Waals surface area contributed by atoms with Crippen molar-refractivity contribution in [1.29, 1.82) is 0 Å². The zero-order valence-corrected chi connectivity index (χ0v) is 12.3. The summed E-state index contributed by atoms with van der Waals surface area (Å²) in [6.45, 7) is 8.48. The molecule has 0 amide bonds. The number of hydrogen-bond acceptors (Lipinski definition) is 3. The lowest BCUT2D eigenvalue weighted by molar-refractivity contribution is 0.817. The van der Waals surface area contributed by atoms with Crippen molar-refractivity contribution in [2.75, 3.05) is 12.4 Å². The molecular weight excluding hydrogens is 234 g/mol. The fraction of sp³-hybridized carbons (Fsp3) is 0.375. The molecule has 0 spiro atoms. The standard InChI is InChI=1S/C16H21N3/c1-10(2)14-9-15(17-5)19-16(18-14)13-8-11(3)6-7-12(13)4/h6-10H,1-5H3,(H,17,18,19). The molecule has 0 fully saturated rings. The maximum atomic E-state index is 4.70. The summed E-state index contributed by atoms with van der Waals surface area (Å²) >= 11 is 0. The van der Waals surface area contributed by atoms with Gasteiger partial charge in [0, 0.05) is 24.4 Å². The third kappa shape index (κ3) is 2.92. The third-order valence-electron chi connectivity index (χ3n) is 3.23. The Morgan fingerprint density at radius 2 is 1.79 bits per heavy atom. The molecule has 100 valence electrons. The normalized spacial score (nSPS) is 10.8. The van der Waals surface area contributed by atoms with E-state index in [0.29, 0.717) is 5.92 Å². The molecule has 0 unspecified atom stereocenters. The quantitative estimate of drug-likeness (QED) is 0.903. The smallest absolute Gasteiger partial charge is 0.162 e. The van der Waals surface area contributed by atoms with Gasteiger partial charge in [0.25, 0.3) is 0 Å². The van der Waals surface area contributed by atoms with Crippen LogP contribution in [0.4, 0.5) is 5.82 Å². The van der Waals surface area contributed by atoms with Crippen LogP contribution in [0.3, 0.4) is 0 Å². The minimum atomic E-state index is 0.388. The van der Waals surface area contributed by atoms with Gasteiger partial charge in [0.15, 0.2) is 5.82 Å². The molecular formula is C16H21N3. The van der Waals surface area contributed by atoms with Crippen molar-refractivity contribution in [2.24, 2.45) is 0 Å². The predicted molar refractivity (Wildman–Crippen MR) is 80.6 cm³/mol. The number of aryl methyl sites for hydroxylation is 2. The first kappa shape index (κ1) is 13.5. The number of rotatable bonds is 3. The molecule has 1 N–H and O–H groups in total. The van der Waals surface area contributed by atoms with E-state index in [1.165, 1.54) is 11.1 Å². The molecule has 0 atom stereocenters. The second-order valence-electron chi connectivity index (χ2n) is 5.22. The van der Waals surface area contributed by atoms with Crippen LogP contribution in [0.5, 0.6) is 0 Å². The van der Waals surface area contributed by atoms with E-state index in [4.69, 9.17) is 4.98 Å². The molecule has 3 heteroatoms. The Morgan fingerprint density at radius 1 is 1.05 bits per heavy atom. The van der Waals surface area contributed by atoms with Gasteiger partial charge in [0.2, 0.25) is 0 Å². The average molecular weight is 255 g/mol. The lowest BCUT2D eigenvalue weighted by Gasteiger charge is -2.12. The number of nitrogens with zero attached hydrogens (tertiary/aromatic N) is 2. The van der Waals surface area contributed by atoms with E-state index in [-0.39, 0.29) is 0 Å². The summed E-state index contributed by atoms with van der Waals surface area (Å²) in [5.41, 5.74) is 4.60. The van der Waals surface area contributed by atoms with E-state index in [0.717, 1.165) is 22.9 Å². The summed E-state index contributed by atoms with van der Waals surface area (Å²) in [7, 11) is 1.89. The monoisotopic (exact) mass is 255 g/mol. The van der Waals surface area contributed by atoms with Crippen LogP contribution in [0.15, 0.2) is 24.3 Å². The summed E-state index contributed by atoms with van der Waals surface area (Å²) in [5.74, 6) is 2.06. The highest BCUT2D eigenvalue weighted by atomic mass is 15.0. The SMILES string of the molecule is CNc1cc(C(C)C)nc(-c2cc(C)ccc2C)n1. The van der Waals surface area contributed by atoms with Crippen LogP contribution < -0.4 is 5.32 Å². The van der Waals surface area contributed by atoms with Gasteiger partial charge in [0.1, 0.15) is 5.82 Å². The highest BCUT2D eigenvalue weighted by molar-refractivity contribution is 5.62. The summed E-state index contributed by atoms with van der Waals surface area (Å²) < 4.78 is 0. The second-order valence-corrected chi connectivity index (χ2v) is 5.22. The minimum absolute atomic E-state index is 0.388. The van der Waals surface area contributed by atoms with E-state index >= 15 is 0 Å². The number of benzene rings is 1. The maximum Gasteiger partial charge on any atom is 0.162 e. The molecule has 0 saturated carbocycles.